The summed E-state index contributed by atoms with van der Waals surface area (Å²) in [6.07, 6.45) is 2.58. The number of rotatable bonds is 4. The van der Waals surface area contributed by atoms with E-state index in [0.29, 0.717) is 6.54 Å². The number of carbonyl (C=O) groups is 1. The Labute approximate surface area is 143 Å². The zero-order chi connectivity index (χ0) is 16.7. The van der Waals surface area contributed by atoms with E-state index in [4.69, 9.17) is 0 Å². The van der Waals surface area contributed by atoms with Crippen LogP contribution in [0.1, 0.15) is 51.2 Å². The fourth-order valence-electron chi connectivity index (χ4n) is 3.21. The van der Waals surface area contributed by atoms with Gasteiger partial charge in [0.25, 0.3) is 0 Å². The Bertz CT molecular complexity index is 578. The monoisotopic (exact) mass is 333 g/mol. The Morgan fingerprint density at radius 3 is 2.35 bits per heavy atom. The van der Waals surface area contributed by atoms with Crippen molar-refractivity contribution < 1.29 is 9.90 Å². The molecule has 3 rings (SSSR count). The Hall–Kier alpha value is -1.00. The van der Waals surface area contributed by atoms with E-state index in [0.717, 1.165) is 36.3 Å². The topological polar surface area (TPSA) is 49.3 Å². The average molecular weight is 333 g/mol. The molecule has 4 heteroatoms. The Kier molecular flexibility index (Phi) is 4.26. The second-order valence-electron chi connectivity index (χ2n) is 8.12. The third-order valence-corrected chi connectivity index (χ3v) is 6.38. The number of hydrogen-bond donors (Lipinski definition) is 2. The molecule has 1 atom stereocenters. The quantitative estimate of drug-likeness (QED) is 0.890. The van der Waals surface area contributed by atoms with Crippen LogP contribution in [-0.2, 0) is 15.6 Å². The predicted octanol–water partition coefficient (Wildman–Crippen LogP) is 3.00. The van der Waals surface area contributed by atoms with Gasteiger partial charge in [-0.25, -0.2) is 0 Å². The van der Waals surface area contributed by atoms with Crippen molar-refractivity contribution in [3.8, 4) is 0 Å². The summed E-state index contributed by atoms with van der Waals surface area (Å²) in [5, 5.41) is 13.4. The Balaban J connectivity index is 1.68. The van der Waals surface area contributed by atoms with E-state index in [2.05, 4.69) is 50.4 Å². The van der Waals surface area contributed by atoms with Gasteiger partial charge in [0, 0.05) is 12.3 Å². The lowest BCUT2D eigenvalue weighted by Crippen LogP contribution is -2.46. The van der Waals surface area contributed by atoms with Gasteiger partial charge in [0.05, 0.1) is 11.0 Å². The molecule has 1 aromatic carbocycles. The molecule has 2 aliphatic rings. The van der Waals surface area contributed by atoms with Crippen molar-refractivity contribution in [2.75, 3.05) is 18.1 Å². The maximum Gasteiger partial charge on any atom is 0.230 e. The molecular formula is C19H27NO2S. The van der Waals surface area contributed by atoms with Crippen LogP contribution in [0.2, 0.25) is 0 Å². The van der Waals surface area contributed by atoms with Crippen molar-refractivity contribution in [2.24, 2.45) is 0 Å². The van der Waals surface area contributed by atoms with Crippen molar-refractivity contribution in [1.82, 2.24) is 5.32 Å². The number of hydrogen-bond acceptors (Lipinski definition) is 3. The van der Waals surface area contributed by atoms with Crippen LogP contribution in [0.25, 0.3) is 0 Å². The highest BCUT2D eigenvalue weighted by Crippen LogP contribution is 2.48. The Morgan fingerprint density at radius 2 is 1.87 bits per heavy atom. The first-order valence-electron chi connectivity index (χ1n) is 8.45. The lowest BCUT2D eigenvalue weighted by atomic mass is 9.85. The number of nitrogens with one attached hydrogen (secondary N) is 1. The number of thioether (sulfide) groups is 1. The van der Waals surface area contributed by atoms with E-state index in [9.17, 15) is 9.90 Å². The maximum absolute atomic E-state index is 12.7. The van der Waals surface area contributed by atoms with E-state index < -0.39 is 5.60 Å². The summed E-state index contributed by atoms with van der Waals surface area (Å²) >= 11 is 1.75. The van der Waals surface area contributed by atoms with E-state index in [1.54, 1.807) is 11.8 Å². The normalized spacial score (nSPS) is 26.1. The van der Waals surface area contributed by atoms with Gasteiger partial charge in [-0.1, -0.05) is 45.0 Å². The molecule has 3 nitrogen and oxygen atoms in total. The molecule has 1 unspecified atom stereocenters. The SMILES string of the molecule is CC(C)(C)c1ccc(C2(C(=O)NCC3(O)CCSC3)CC2)cc1. The first-order valence-corrected chi connectivity index (χ1v) is 9.60. The molecule has 1 saturated heterocycles. The lowest BCUT2D eigenvalue weighted by molar-refractivity contribution is -0.124. The molecule has 0 spiro atoms. The van der Waals surface area contributed by atoms with Gasteiger partial charge < -0.3 is 10.4 Å². The van der Waals surface area contributed by atoms with Crippen LogP contribution in [0.3, 0.4) is 0 Å². The van der Waals surface area contributed by atoms with Crippen molar-refractivity contribution >= 4 is 17.7 Å². The van der Waals surface area contributed by atoms with Gasteiger partial charge in [-0.3, -0.25) is 4.79 Å². The molecular weight excluding hydrogens is 306 g/mol. The second kappa shape index (κ2) is 5.82. The van der Waals surface area contributed by atoms with Crippen LogP contribution in [0, 0.1) is 0 Å². The van der Waals surface area contributed by atoms with Crippen LogP contribution in [0.15, 0.2) is 24.3 Å². The number of aliphatic hydroxyl groups is 1. The highest BCUT2D eigenvalue weighted by Gasteiger charge is 2.51. The minimum Gasteiger partial charge on any atom is -0.387 e. The first-order chi connectivity index (χ1) is 10.8. The van der Waals surface area contributed by atoms with Gasteiger partial charge in [0.1, 0.15) is 0 Å². The summed E-state index contributed by atoms with van der Waals surface area (Å²) in [5.74, 6) is 1.78. The summed E-state index contributed by atoms with van der Waals surface area (Å²) in [5.41, 5.74) is 1.44. The van der Waals surface area contributed by atoms with Crippen molar-refractivity contribution in [3.63, 3.8) is 0 Å². The minimum atomic E-state index is -0.716. The van der Waals surface area contributed by atoms with Gasteiger partial charge in [0.15, 0.2) is 0 Å². The Morgan fingerprint density at radius 1 is 1.22 bits per heavy atom. The van der Waals surface area contributed by atoms with Gasteiger partial charge in [0.2, 0.25) is 5.91 Å². The molecule has 0 radical (unpaired) electrons. The summed E-state index contributed by atoms with van der Waals surface area (Å²) < 4.78 is 0. The molecule has 1 heterocycles. The zero-order valence-electron chi connectivity index (χ0n) is 14.3. The predicted molar refractivity (Wildman–Crippen MR) is 96.0 cm³/mol. The summed E-state index contributed by atoms with van der Waals surface area (Å²) in [6.45, 7) is 6.96. The summed E-state index contributed by atoms with van der Waals surface area (Å²) in [6, 6.07) is 8.49. The molecule has 2 fully saturated rings. The smallest absolute Gasteiger partial charge is 0.230 e. The molecule has 126 valence electrons. The molecule has 2 N–H and O–H groups in total. The molecule has 1 aliphatic heterocycles. The fourth-order valence-corrected chi connectivity index (χ4v) is 4.51. The van der Waals surface area contributed by atoms with Gasteiger partial charge >= 0.3 is 0 Å². The van der Waals surface area contributed by atoms with Crippen LogP contribution in [0.5, 0.6) is 0 Å². The minimum absolute atomic E-state index is 0.0753. The van der Waals surface area contributed by atoms with Gasteiger partial charge in [-0.15, -0.1) is 0 Å². The molecule has 23 heavy (non-hydrogen) atoms. The lowest BCUT2D eigenvalue weighted by Gasteiger charge is -2.24. The van der Waals surface area contributed by atoms with Crippen LogP contribution >= 0.6 is 11.8 Å². The maximum atomic E-state index is 12.7. The molecule has 1 aliphatic carbocycles. The van der Waals surface area contributed by atoms with E-state index >= 15 is 0 Å². The number of carbonyl (C=O) groups excluding carboxylic acids is 1. The van der Waals surface area contributed by atoms with Crippen LogP contribution in [-0.4, -0.2) is 34.7 Å². The summed E-state index contributed by atoms with van der Waals surface area (Å²) in [7, 11) is 0. The highest BCUT2D eigenvalue weighted by atomic mass is 32.2. The number of amides is 1. The number of benzene rings is 1. The van der Waals surface area contributed by atoms with Gasteiger partial charge in [-0.2, -0.15) is 11.8 Å². The van der Waals surface area contributed by atoms with Crippen LogP contribution < -0.4 is 5.32 Å². The molecule has 1 saturated carbocycles. The standard InChI is InChI=1S/C19H27NO2S/c1-17(2,3)14-4-6-15(7-5-14)19(8-9-19)16(21)20-12-18(22)10-11-23-13-18/h4-7,22H,8-13H2,1-3H3,(H,20,21). The van der Waals surface area contributed by atoms with Crippen molar-refractivity contribution in [2.45, 2.75) is 56.5 Å². The van der Waals surface area contributed by atoms with E-state index in [1.807, 2.05) is 0 Å². The third kappa shape index (κ3) is 3.43. The van der Waals surface area contributed by atoms with Gasteiger partial charge in [-0.05, 0) is 41.6 Å². The fraction of sp³-hybridized carbons (Fsp3) is 0.632. The molecule has 1 amide bonds. The van der Waals surface area contributed by atoms with Crippen molar-refractivity contribution in [1.29, 1.82) is 0 Å². The molecule has 0 bridgehead atoms. The molecule has 0 aromatic heterocycles. The summed E-state index contributed by atoms with van der Waals surface area (Å²) in [4.78, 5) is 12.7. The van der Waals surface area contributed by atoms with Crippen molar-refractivity contribution in [3.05, 3.63) is 35.4 Å². The third-order valence-electron chi connectivity index (χ3n) is 5.15. The van der Waals surface area contributed by atoms with Crippen LogP contribution in [0.4, 0.5) is 0 Å². The van der Waals surface area contributed by atoms with E-state index in [1.165, 1.54) is 5.56 Å². The highest BCUT2D eigenvalue weighted by molar-refractivity contribution is 7.99. The average Bonchev–Trinajstić information content (AvgIpc) is 3.21. The largest absolute Gasteiger partial charge is 0.387 e. The molecule has 1 aromatic rings. The first kappa shape index (κ1) is 16.8. The second-order valence-corrected chi connectivity index (χ2v) is 9.22. The van der Waals surface area contributed by atoms with E-state index in [-0.39, 0.29) is 16.7 Å². The zero-order valence-corrected chi connectivity index (χ0v) is 15.1.